The number of nitrogens with one attached hydrogen (secondary N) is 2. The molecule has 112 valence electrons. The number of benzene rings is 1. The lowest BCUT2D eigenvalue weighted by atomic mass is 10.1. The van der Waals surface area contributed by atoms with Crippen LogP contribution in [0.2, 0.25) is 0 Å². The Morgan fingerprint density at radius 2 is 2.25 bits per heavy atom. The van der Waals surface area contributed by atoms with E-state index in [9.17, 15) is 9.18 Å². The number of amides is 1. The van der Waals surface area contributed by atoms with Crippen LogP contribution in [0.1, 0.15) is 12.0 Å². The van der Waals surface area contributed by atoms with Crippen molar-refractivity contribution in [3.8, 4) is 0 Å². The molecule has 0 bridgehead atoms. The number of morpholine rings is 1. The van der Waals surface area contributed by atoms with E-state index in [-0.39, 0.29) is 30.2 Å². The first-order chi connectivity index (χ1) is 9.25. The number of rotatable bonds is 5. The molecule has 0 spiro atoms. The highest BCUT2D eigenvalue weighted by Gasteiger charge is 2.16. The van der Waals surface area contributed by atoms with Crippen LogP contribution in [0.5, 0.6) is 0 Å². The van der Waals surface area contributed by atoms with E-state index in [0.29, 0.717) is 38.1 Å². The Balaban J connectivity index is 0.00000200. The largest absolute Gasteiger partial charge is 0.375 e. The molecule has 0 aromatic heterocycles. The average molecular weight is 303 g/mol. The van der Waals surface area contributed by atoms with E-state index in [2.05, 4.69) is 10.6 Å². The molecule has 1 unspecified atom stereocenters. The van der Waals surface area contributed by atoms with Gasteiger partial charge in [0.2, 0.25) is 5.91 Å². The molecule has 1 heterocycles. The molecule has 1 aliphatic rings. The monoisotopic (exact) mass is 302 g/mol. The smallest absolute Gasteiger partial charge is 0.222 e. The molecule has 20 heavy (non-hydrogen) atoms. The molecule has 6 heteroatoms. The number of hydrogen-bond donors (Lipinski definition) is 2. The maximum atomic E-state index is 13.3. The minimum atomic E-state index is -0.225. The van der Waals surface area contributed by atoms with Crippen LogP contribution in [0, 0.1) is 5.82 Å². The van der Waals surface area contributed by atoms with Crippen LogP contribution >= 0.6 is 12.4 Å². The molecule has 1 atom stereocenters. The lowest BCUT2D eigenvalue weighted by Gasteiger charge is -2.23. The van der Waals surface area contributed by atoms with E-state index in [1.165, 1.54) is 6.07 Å². The first kappa shape index (κ1) is 16.9. The minimum absolute atomic E-state index is 0. The Labute approximate surface area is 124 Å². The predicted molar refractivity (Wildman–Crippen MR) is 77.6 cm³/mol. The van der Waals surface area contributed by atoms with Crippen LogP contribution in [0.25, 0.3) is 0 Å². The van der Waals surface area contributed by atoms with Crippen molar-refractivity contribution in [3.05, 3.63) is 35.6 Å². The summed E-state index contributed by atoms with van der Waals surface area (Å²) in [5.74, 6) is -0.276. The maximum Gasteiger partial charge on any atom is 0.222 e. The molecule has 1 fully saturated rings. The van der Waals surface area contributed by atoms with Crippen LogP contribution < -0.4 is 10.6 Å². The fraction of sp³-hybridized carbons (Fsp3) is 0.500. The van der Waals surface area contributed by atoms with Crippen molar-refractivity contribution >= 4 is 18.3 Å². The molecule has 1 aliphatic heterocycles. The second-order valence-electron chi connectivity index (χ2n) is 4.59. The summed E-state index contributed by atoms with van der Waals surface area (Å²) < 4.78 is 18.8. The first-order valence-corrected chi connectivity index (χ1v) is 6.58. The maximum absolute atomic E-state index is 13.3. The molecular formula is C14H20ClFN2O2. The third kappa shape index (κ3) is 5.45. The zero-order chi connectivity index (χ0) is 13.5. The molecule has 0 aliphatic carbocycles. The summed E-state index contributed by atoms with van der Waals surface area (Å²) in [7, 11) is 0. The van der Waals surface area contributed by atoms with E-state index >= 15 is 0 Å². The van der Waals surface area contributed by atoms with Crippen molar-refractivity contribution in [1.29, 1.82) is 0 Å². The van der Waals surface area contributed by atoms with Gasteiger partial charge in [-0.1, -0.05) is 18.2 Å². The summed E-state index contributed by atoms with van der Waals surface area (Å²) in [5.41, 5.74) is 0.624. The molecular weight excluding hydrogens is 283 g/mol. The highest BCUT2D eigenvalue weighted by Crippen LogP contribution is 2.06. The SMILES string of the molecule is Cl.O=C(CC1CNCCO1)NCCc1ccccc1F. The average Bonchev–Trinajstić information content (AvgIpc) is 2.42. The van der Waals surface area contributed by atoms with Gasteiger partial charge in [0.05, 0.1) is 19.1 Å². The number of ether oxygens (including phenoxy) is 1. The number of carbonyl (C=O) groups excluding carboxylic acids is 1. The highest BCUT2D eigenvalue weighted by molar-refractivity contribution is 5.85. The van der Waals surface area contributed by atoms with Crippen LogP contribution in [0.4, 0.5) is 4.39 Å². The van der Waals surface area contributed by atoms with Gasteiger partial charge in [-0.15, -0.1) is 12.4 Å². The van der Waals surface area contributed by atoms with Crippen molar-refractivity contribution in [2.75, 3.05) is 26.2 Å². The topological polar surface area (TPSA) is 50.4 Å². The van der Waals surface area contributed by atoms with E-state index < -0.39 is 0 Å². The Morgan fingerprint density at radius 3 is 2.95 bits per heavy atom. The fourth-order valence-corrected chi connectivity index (χ4v) is 2.07. The minimum Gasteiger partial charge on any atom is -0.375 e. The summed E-state index contributed by atoms with van der Waals surface area (Å²) in [4.78, 5) is 11.7. The van der Waals surface area contributed by atoms with Crippen molar-refractivity contribution < 1.29 is 13.9 Å². The third-order valence-electron chi connectivity index (χ3n) is 3.09. The zero-order valence-electron chi connectivity index (χ0n) is 11.2. The Hall–Kier alpha value is -1.17. The van der Waals surface area contributed by atoms with Gasteiger partial charge in [0.25, 0.3) is 0 Å². The summed E-state index contributed by atoms with van der Waals surface area (Å²) in [6, 6.07) is 6.61. The molecule has 0 radical (unpaired) electrons. The van der Waals surface area contributed by atoms with Gasteiger partial charge in [0.15, 0.2) is 0 Å². The van der Waals surface area contributed by atoms with Gasteiger partial charge in [0.1, 0.15) is 5.82 Å². The normalized spacial score (nSPS) is 18.1. The Morgan fingerprint density at radius 1 is 1.45 bits per heavy atom. The van der Waals surface area contributed by atoms with Gasteiger partial charge in [0, 0.05) is 19.6 Å². The summed E-state index contributed by atoms with van der Waals surface area (Å²) in [6.07, 6.45) is 0.800. The van der Waals surface area contributed by atoms with E-state index in [4.69, 9.17) is 4.74 Å². The van der Waals surface area contributed by atoms with Gasteiger partial charge in [-0.05, 0) is 18.1 Å². The molecule has 0 saturated carbocycles. The molecule has 2 rings (SSSR count). The molecule has 1 aromatic carbocycles. The number of carbonyl (C=O) groups is 1. The Bertz CT molecular complexity index is 425. The second-order valence-corrected chi connectivity index (χ2v) is 4.59. The van der Waals surface area contributed by atoms with Crippen LogP contribution in [0.3, 0.4) is 0 Å². The summed E-state index contributed by atoms with van der Waals surface area (Å²) in [5, 5.41) is 5.97. The number of hydrogen-bond acceptors (Lipinski definition) is 3. The zero-order valence-corrected chi connectivity index (χ0v) is 12.0. The quantitative estimate of drug-likeness (QED) is 0.861. The van der Waals surface area contributed by atoms with Crippen molar-refractivity contribution in [2.45, 2.75) is 18.9 Å². The first-order valence-electron chi connectivity index (χ1n) is 6.58. The number of halogens is 2. The van der Waals surface area contributed by atoms with Gasteiger partial charge >= 0.3 is 0 Å². The highest BCUT2D eigenvalue weighted by atomic mass is 35.5. The van der Waals surface area contributed by atoms with Gasteiger partial charge < -0.3 is 15.4 Å². The lowest BCUT2D eigenvalue weighted by molar-refractivity contribution is -0.124. The van der Waals surface area contributed by atoms with Gasteiger partial charge in [-0.2, -0.15) is 0 Å². The molecule has 4 nitrogen and oxygen atoms in total. The van der Waals surface area contributed by atoms with E-state index in [1.54, 1.807) is 18.2 Å². The van der Waals surface area contributed by atoms with Gasteiger partial charge in [-0.3, -0.25) is 4.79 Å². The predicted octanol–water partition coefficient (Wildman–Crippen LogP) is 1.28. The summed E-state index contributed by atoms with van der Waals surface area (Å²) in [6.45, 7) is 2.64. The van der Waals surface area contributed by atoms with E-state index in [1.807, 2.05) is 0 Å². The van der Waals surface area contributed by atoms with Crippen LogP contribution in [-0.4, -0.2) is 38.3 Å². The summed E-state index contributed by atoms with van der Waals surface area (Å²) >= 11 is 0. The fourth-order valence-electron chi connectivity index (χ4n) is 2.07. The van der Waals surface area contributed by atoms with Gasteiger partial charge in [-0.25, -0.2) is 4.39 Å². The molecule has 1 saturated heterocycles. The Kier molecular flexibility index (Phi) is 7.51. The van der Waals surface area contributed by atoms with Crippen molar-refractivity contribution in [1.82, 2.24) is 10.6 Å². The molecule has 1 amide bonds. The lowest BCUT2D eigenvalue weighted by Crippen LogP contribution is -2.41. The van der Waals surface area contributed by atoms with E-state index in [0.717, 1.165) is 6.54 Å². The van der Waals surface area contributed by atoms with Crippen LogP contribution in [-0.2, 0) is 16.0 Å². The third-order valence-corrected chi connectivity index (χ3v) is 3.09. The van der Waals surface area contributed by atoms with Crippen molar-refractivity contribution in [3.63, 3.8) is 0 Å². The molecule has 1 aromatic rings. The molecule has 2 N–H and O–H groups in total. The van der Waals surface area contributed by atoms with Crippen LogP contribution in [0.15, 0.2) is 24.3 Å². The second kappa shape index (κ2) is 8.89. The standard InChI is InChI=1S/C14H19FN2O2.ClH/c15-13-4-2-1-3-11(13)5-6-17-14(18)9-12-10-16-7-8-19-12;/h1-4,12,16H,5-10H2,(H,17,18);1H. The van der Waals surface area contributed by atoms with Crippen molar-refractivity contribution in [2.24, 2.45) is 0 Å².